The molecule has 154 valence electrons. The van der Waals surface area contributed by atoms with Gasteiger partial charge in [0.2, 0.25) is 0 Å². The van der Waals surface area contributed by atoms with E-state index in [1.54, 1.807) is 11.3 Å². The molecule has 1 aromatic carbocycles. The molecule has 0 radical (unpaired) electrons. The molecule has 7 nitrogen and oxygen atoms in total. The number of amides is 1. The number of ether oxygens (including phenoxy) is 1. The van der Waals surface area contributed by atoms with Gasteiger partial charge in [0, 0.05) is 25.5 Å². The summed E-state index contributed by atoms with van der Waals surface area (Å²) in [6.45, 7) is 6.16. The van der Waals surface area contributed by atoms with E-state index >= 15 is 0 Å². The fourth-order valence-corrected chi connectivity index (χ4v) is 3.07. The third kappa shape index (κ3) is 8.42. The number of nitrogens with one attached hydrogen (secondary N) is 1. The van der Waals surface area contributed by atoms with Gasteiger partial charge >= 0.3 is 0 Å². The number of carbonyl (C=O) groups excluding carboxylic acids is 1. The molecule has 0 spiro atoms. The van der Waals surface area contributed by atoms with Crippen molar-refractivity contribution >= 4 is 47.2 Å². The molecule has 0 bridgehead atoms. The predicted molar refractivity (Wildman–Crippen MR) is 125 cm³/mol. The van der Waals surface area contributed by atoms with Crippen molar-refractivity contribution in [3.63, 3.8) is 0 Å². The smallest absolute Gasteiger partial charge is 0.255 e. The SMILES string of the molecule is CCNC(=NCCc1ccc(OCC(N)=O)cc1)N(C)Cc1csc(C)n1.I. The van der Waals surface area contributed by atoms with Crippen LogP contribution in [0.15, 0.2) is 34.6 Å². The number of nitrogens with zero attached hydrogens (tertiary/aromatic N) is 3. The Hall–Kier alpha value is -1.88. The van der Waals surface area contributed by atoms with Crippen LogP contribution in [-0.4, -0.2) is 48.5 Å². The van der Waals surface area contributed by atoms with Crippen molar-refractivity contribution < 1.29 is 9.53 Å². The molecule has 0 saturated heterocycles. The van der Waals surface area contributed by atoms with Crippen molar-refractivity contribution in [1.82, 2.24) is 15.2 Å². The Morgan fingerprint density at radius 1 is 1.36 bits per heavy atom. The van der Waals surface area contributed by atoms with Crippen LogP contribution in [0.1, 0.15) is 23.2 Å². The summed E-state index contributed by atoms with van der Waals surface area (Å²) in [7, 11) is 2.01. The maximum atomic E-state index is 10.7. The van der Waals surface area contributed by atoms with Gasteiger partial charge in [0.15, 0.2) is 12.6 Å². The number of thiazole rings is 1. The van der Waals surface area contributed by atoms with E-state index in [9.17, 15) is 4.79 Å². The number of carbonyl (C=O) groups is 1. The summed E-state index contributed by atoms with van der Waals surface area (Å²) in [5, 5.41) is 6.47. The fourth-order valence-electron chi connectivity index (χ4n) is 2.47. The largest absolute Gasteiger partial charge is 0.484 e. The molecule has 1 amide bonds. The van der Waals surface area contributed by atoms with Crippen LogP contribution in [0.3, 0.4) is 0 Å². The monoisotopic (exact) mass is 517 g/mol. The summed E-state index contributed by atoms with van der Waals surface area (Å²) in [5.41, 5.74) is 7.28. The number of hydrogen-bond donors (Lipinski definition) is 2. The second-order valence-electron chi connectivity index (χ2n) is 6.10. The molecule has 0 aliphatic heterocycles. The number of primary amides is 1. The quantitative estimate of drug-likeness (QED) is 0.303. The van der Waals surface area contributed by atoms with Gasteiger partial charge in [-0.3, -0.25) is 9.79 Å². The number of benzene rings is 1. The normalized spacial score (nSPS) is 10.9. The average molecular weight is 517 g/mol. The third-order valence-corrected chi connectivity index (χ3v) is 4.55. The van der Waals surface area contributed by atoms with Gasteiger partial charge in [-0.05, 0) is 38.0 Å². The standard InChI is InChI=1S/C19H27N5O2S.HI/c1-4-21-19(24(3)11-16-13-27-14(2)23-16)22-10-9-15-5-7-17(8-6-15)26-12-18(20)25;/h5-8,13H,4,9-12H2,1-3H3,(H2,20,25)(H,21,22);1H. The van der Waals surface area contributed by atoms with E-state index in [2.05, 4.69) is 27.5 Å². The number of halogens is 1. The number of aliphatic imine (C=N–C) groups is 1. The van der Waals surface area contributed by atoms with Crippen molar-refractivity contribution in [3.05, 3.63) is 45.9 Å². The second-order valence-corrected chi connectivity index (χ2v) is 7.16. The van der Waals surface area contributed by atoms with E-state index in [0.29, 0.717) is 12.3 Å². The van der Waals surface area contributed by atoms with Crippen molar-refractivity contribution in [2.75, 3.05) is 26.7 Å². The van der Waals surface area contributed by atoms with Gasteiger partial charge in [-0.25, -0.2) is 4.98 Å². The van der Waals surface area contributed by atoms with E-state index < -0.39 is 5.91 Å². The Labute approximate surface area is 187 Å². The van der Waals surface area contributed by atoms with Gasteiger partial charge in [0.05, 0.1) is 17.2 Å². The van der Waals surface area contributed by atoms with Crippen LogP contribution >= 0.6 is 35.3 Å². The van der Waals surface area contributed by atoms with Crippen LogP contribution in [0.4, 0.5) is 0 Å². The van der Waals surface area contributed by atoms with E-state index in [1.807, 2.05) is 38.2 Å². The zero-order valence-electron chi connectivity index (χ0n) is 16.5. The maximum absolute atomic E-state index is 10.7. The van der Waals surface area contributed by atoms with Crippen LogP contribution in [0.5, 0.6) is 5.75 Å². The molecule has 0 fully saturated rings. The fraction of sp³-hybridized carbons (Fsp3) is 0.421. The van der Waals surface area contributed by atoms with Crippen LogP contribution in [-0.2, 0) is 17.8 Å². The molecular formula is C19H28IN5O2S. The molecule has 0 aliphatic rings. The first-order chi connectivity index (χ1) is 13.0. The number of aromatic nitrogens is 1. The highest BCUT2D eigenvalue weighted by Gasteiger charge is 2.08. The summed E-state index contributed by atoms with van der Waals surface area (Å²) in [4.78, 5) is 22.0. The van der Waals surface area contributed by atoms with Gasteiger partial charge in [0.1, 0.15) is 5.75 Å². The molecule has 0 atom stereocenters. The maximum Gasteiger partial charge on any atom is 0.255 e. The summed E-state index contributed by atoms with van der Waals surface area (Å²) < 4.78 is 5.26. The predicted octanol–water partition coefficient (Wildman–Crippen LogP) is 2.57. The van der Waals surface area contributed by atoms with E-state index in [-0.39, 0.29) is 30.6 Å². The molecule has 28 heavy (non-hydrogen) atoms. The lowest BCUT2D eigenvalue weighted by Crippen LogP contribution is -2.38. The van der Waals surface area contributed by atoms with Gasteiger partial charge in [-0.1, -0.05) is 12.1 Å². The number of guanidine groups is 1. The molecule has 0 aliphatic carbocycles. The number of rotatable bonds is 9. The van der Waals surface area contributed by atoms with Gasteiger partial charge < -0.3 is 20.7 Å². The molecule has 2 aromatic rings. The first kappa shape index (κ1) is 24.2. The summed E-state index contributed by atoms with van der Waals surface area (Å²) in [6.07, 6.45) is 0.814. The molecular weight excluding hydrogens is 489 g/mol. The highest BCUT2D eigenvalue weighted by Crippen LogP contribution is 2.13. The zero-order chi connectivity index (χ0) is 19.6. The van der Waals surface area contributed by atoms with Crippen LogP contribution in [0.2, 0.25) is 0 Å². The van der Waals surface area contributed by atoms with E-state index in [4.69, 9.17) is 15.5 Å². The van der Waals surface area contributed by atoms with Gasteiger partial charge in [-0.2, -0.15) is 0 Å². The van der Waals surface area contributed by atoms with Crippen molar-refractivity contribution in [2.45, 2.75) is 26.8 Å². The van der Waals surface area contributed by atoms with E-state index in [0.717, 1.165) is 41.7 Å². The Balaban J connectivity index is 0.00000392. The van der Waals surface area contributed by atoms with Crippen LogP contribution in [0, 0.1) is 6.92 Å². The minimum absolute atomic E-state index is 0. The van der Waals surface area contributed by atoms with Crippen molar-refractivity contribution in [2.24, 2.45) is 10.7 Å². The van der Waals surface area contributed by atoms with Gasteiger partial charge in [-0.15, -0.1) is 35.3 Å². The lowest BCUT2D eigenvalue weighted by Gasteiger charge is -2.21. The molecule has 9 heteroatoms. The molecule has 0 saturated carbocycles. The third-order valence-electron chi connectivity index (χ3n) is 3.73. The molecule has 2 rings (SSSR count). The Bertz CT molecular complexity index is 764. The highest BCUT2D eigenvalue weighted by molar-refractivity contribution is 14.0. The minimum Gasteiger partial charge on any atom is -0.484 e. The number of aryl methyl sites for hydroxylation is 1. The first-order valence-corrected chi connectivity index (χ1v) is 9.76. The van der Waals surface area contributed by atoms with Crippen LogP contribution in [0.25, 0.3) is 0 Å². The Morgan fingerprint density at radius 2 is 2.07 bits per heavy atom. The summed E-state index contributed by atoms with van der Waals surface area (Å²) >= 11 is 1.66. The average Bonchev–Trinajstić information content (AvgIpc) is 3.05. The minimum atomic E-state index is -0.485. The Kier molecular flexibility index (Phi) is 10.8. The Morgan fingerprint density at radius 3 is 2.64 bits per heavy atom. The summed E-state index contributed by atoms with van der Waals surface area (Å²) in [6, 6.07) is 7.62. The molecule has 1 heterocycles. The lowest BCUT2D eigenvalue weighted by atomic mass is 10.1. The first-order valence-electron chi connectivity index (χ1n) is 8.88. The van der Waals surface area contributed by atoms with Crippen molar-refractivity contribution in [1.29, 1.82) is 0 Å². The lowest BCUT2D eigenvalue weighted by molar-refractivity contribution is -0.119. The summed E-state index contributed by atoms with van der Waals surface area (Å²) in [5.74, 6) is 1.01. The zero-order valence-corrected chi connectivity index (χ0v) is 19.6. The molecule has 0 unspecified atom stereocenters. The highest BCUT2D eigenvalue weighted by atomic mass is 127. The number of hydrogen-bond acceptors (Lipinski definition) is 5. The number of nitrogens with two attached hydrogens (primary N) is 1. The van der Waals surface area contributed by atoms with Crippen molar-refractivity contribution in [3.8, 4) is 5.75 Å². The van der Waals surface area contributed by atoms with Gasteiger partial charge in [0.25, 0.3) is 5.91 Å². The molecule has 3 N–H and O–H groups in total. The molecule has 1 aromatic heterocycles. The van der Waals surface area contributed by atoms with Crippen LogP contribution < -0.4 is 15.8 Å². The second kappa shape index (κ2) is 12.6. The van der Waals surface area contributed by atoms with E-state index in [1.165, 1.54) is 0 Å². The topological polar surface area (TPSA) is 92.8 Å².